The second-order valence-corrected chi connectivity index (χ2v) is 7.94. The van der Waals surface area contributed by atoms with E-state index in [4.69, 9.17) is 19.9 Å². The van der Waals surface area contributed by atoms with Crippen molar-refractivity contribution in [2.24, 2.45) is 0 Å². The summed E-state index contributed by atoms with van der Waals surface area (Å²) in [5.41, 5.74) is 5.31. The molecule has 11 heteroatoms. The van der Waals surface area contributed by atoms with Crippen molar-refractivity contribution in [1.29, 1.82) is 0 Å². The Balaban J connectivity index is 1.73. The van der Waals surface area contributed by atoms with E-state index in [1.165, 1.54) is 4.57 Å². The van der Waals surface area contributed by atoms with Crippen molar-refractivity contribution in [2.45, 2.75) is 26.8 Å². The smallest absolute Gasteiger partial charge is 0.344 e. The molecule has 0 aliphatic carbocycles. The molecule has 1 amide bonds. The van der Waals surface area contributed by atoms with Gasteiger partial charge in [-0.3, -0.25) is 19.1 Å². The number of nitrogen functional groups attached to an aromatic ring is 1. The van der Waals surface area contributed by atoms with Crippen molar-refractivity contribution >= 4 is 23.4 Å². The second-order valence-electron chi connectivity index (χ2n) is 7.94. The van der Waals surface area contributed by atoms with Crippen molar-refractivity contribution in [3.05, 3.63) is 81.0 Å². The van der Waals surface area contributed by atoms with Crippen LogP contribution in [-0.4, -0.2) is 47.8 Å². The summed E-state index contributed by atoms with van der Waals surface area (Å²) in [5, 5.41) is 0. The summed E-state index contributed by atoms with van der Waals surface area (Å²) in [6.45, 7) is 3.17. The molecular weight excluding hydrogens is 480 g/mol. The van der Waals surface area contributed by atoms with Crippen LogP contribution in [-0.2, 0) is 20.9 Å². The van der Waals surface area contributed by atoms with Crippen molar-refractivity contribution < 1.29 is 23.8 Å². The zero-order chi connectivity index (χ0) is 26.8. The first-order valence-electron chi connectivity index (χ1n) is 11.8. The van der Waals surface area contributed by atoms with Gasteiger partial charge in [0.1, 0.15) is 5.82 Å². The number of para-hydroxylation sites is 2. The van der Waals surface area contributed by atoms with Crippen molar-refractivity contribution in [3.63, 3.8) is 0 Å². The number of benzene rings is 2. The van der Waals surface area contributed by atoms with Gasteiger partial charge in [-0.1, -0.05) is 49.4 Å². The van der Waals surface area contributed by atoms with Crippen molar-refractivity contribution in [1.82, 2.24) is 9.55 Å². The van der Waals surface area contributed by atoms with Crippen LogP contribution in [0.4, 0.5) is 11.5 Å². The Bertz CT molecular complexity index is 1330. The Morgan fingerprint density at radius 2 is 1.59 bits per heavy atom. The summed E-state index contributed by atoms with van der Waals surface area (Å²) >= 11 is 0. The molecule has 37 heavy (non-hydrogen) atoms. The lowest BCUT2D eigenvalue weighted by Crippen LogP contribution is -2.43. The maximum atomic E-state index is 13.0. The number of amides is 1. The highest BCUT2D eigenvalue weighted by atomic mass is 16.6. The maximum absolute atomic E-state index is 13.0. The average Bonchev–Trinajstić information content (AvgIpc) is 2.89. The van der Waals surface area contributed by atoms with Gasteiger partial charge in [0.05, 0.1) is 13.2 Å². The molecule has 0 fully saturated rings. The Kier molecular flexibility index (Phi) is 9.48. The molecule has 1 aromatic heterocycles. The topological polar surface area (TPSA) is 146 Å². The molecule has 0 aliphatic heterocycles. The summed E-state index contributed by atoms with van der Waals surface area (Å²) in [7, 11) is 0. The number of ether oxygens (including phenoxy) is 3. The van der Waals surface area contributed by atoms with Gasteiger partial charge in [0.2, 0.25) is 0 Å². The molecule has 2 aromatic carbocycles. The first-order chi connectivity index (χ1) is 17.8. The van der Waals surface area contributed by atoms with E-state index in [1.54, 1.807) is 43.3 Å². The standard InChI is InChI=1S/C26H30N4O7/c1-3-14-29(21(31)16-37-22(32)17-36-20-13-9-8-12-19(20)35-4-2)23-24(27)30(26(34)28-25(23)33)15-18-10-6-5-7-11-18/h5-13H,3-4,14-17,27H2,1-2H3,(H,28,33,34). The van der Waals surface area contributed by atoms with E-state index < -0.39 is 36.3 Å². The van der Waals surface area contributed by atoms with Crippen LogP contribution in [0.5, 0.6) is 11.5 Å². The van der Waals surface area contributed by atoms with E-state index in [2.05, 4.69) is 4.98 Å². The van der Waals surface area contributed by atoms with Gasteiger partial charge in [-0.05, 0) is 31.0 Å². The largest absolute Gasteiger partial charge is 0.490 e. The van der Waals surface area contributed by atoms with E-state index >= 15 is 0 Å². The molecule has 0 spiro atoms. The molecule has 0 saturated carbocycles. The number of carbonyl (C=O) groups is 2. The maximum Gasteiger partial charge on any atom is 0.344 e. The third kappa shape index (κ3) is 7.00. The number of esters is 1. The molecule has 0 bridgehead atoms. The number of aromatic nitrogens is 2. The lowest BCUT2D eigenvalue weighted by atomic mass is 10.2. The van der Waals surface area contributed by atoms with E-state index in [0.29, 0.717) is 24.5 Å². The van der Waals surface area contributed by atoms with E-state index in [-0.39, 0.29) is 24.6 Å². The molecule has 0 atom stereocenters. The van der Waals surface area contributed by atoms with Gasteiger partial charge in [0.15, 0.2) is 30.4 Å². The summed E-state index contributed by atoms with van der Waals surface area (Å²) in [5.74, 6) is -0.788. The third-order valence-corrected chi connectivity index (χ3v) is 5.27. The van der Waals surface area contributed by atoms with Crippen LogP contribution in [0.1, 0.15) is 25.8 Å². The number of carbonyl (C=O) groups excluding carboxylic acids is 2. The van der Waals surface area contributed by atoms with Crippen LogP contribution in [0.25, 0.3) is 0 Å². The Morgan fingerprint density at radius 3 is 2.24 bits per heavy atom. The first kappa shape index (κ1) is 27.1. The minimum absolute atomic E-state index is 0.0962. The minimum Gasteiger partial charge on any atom is -0.490 e. The van der Waals surface area contributed by atoms with E-state index in [0.717, 1.165) is 10.5 Å². The molecule has 3 aromatic rings. The fourth-order valence-electron chi connectivity index (χ4n) is 3.59. The van der Waals surface area contributed by atoms with Crippen LogP contribution < -0.4 is 31.4 Å². The molecule has 0 radical (unpaired) electrons. The normalized spacial score (nSPS) is 10.5. The van der Waals surface area contributed by atoms with E-state index in [9.17, 15) is 19.2 Å². The second kappa shape index (κ2) is 13.0. The number of hydrogen-bond donors (Lipinski definition) is 2. The predicted octanol–water partition coefficient (Wildman–Crippen LogP) is 1.93. The molecule has 196 valence electrons. The first-order valence-corrected chi connectivity index (χ1v) is 11.8. The molecule has 3 rings (SSSR count). The number of anilines is 2. The van der Waals surface area contributed by atoms with Gasteiger partial charge in [0.25, 0.3) is 11.5 Å². The van der Waals surface area contributed by atoms with Crippen LogP contribution in [0.2, 0.25) is 0 Å². The highest BCUT2D eigenvalue weighted by Crippen LogP contribution is 2.26. The zero-order valence-corrected chi connectivity index (χ0v) is 20.8. The average molecular weight is 511 g/mol. The summed E-state index contributed by atoms with van der Waals surface area (Å²) in [4.78, 5) is 53.7. The summed E-state index contributed by atoms with van der Waals surface area (Å²) < 4.78 is 17.2. The van der Waals surface area contributed by atoms with Gasteiger partial charge < -0.3 is 24.8 Å². The molecule has 0 aliphatic rings. The number of rotatable bonds is 12. The van der Waals surface area contributed by atoms with Crippen LogP contribution in [0.3, 0.4) is 0 Å². The number of hydrogen-bond acceptors (Lipinski definition) is 8. The van der Waals surface area contributed by atoms with Gasteiger partial charge in [0, 0.05) is 6.54 Å². The molecule has 11 nitrogen and oxygen atoms in total. The quantitative estimate of drug-likeness (QED) is 0.352. The van der Waals surface area contributed by atoms with Crippen LogP contribution in [0.15, 0.2) is 64.2 Å². The fraction of sp³-hybridized carbons (Fsp3) is 0.308. The monoisotopic (exact) mass is 510 g/mol. The Labute approximate surface area is 213 Å². The number of nitrogens with zero attached hydrogens (tertiary/aromatic N) is 2. The number of nitrogens with two attached hydrogens (primary N) is 1. The molecule has 0 unspecified atom stereocenters. The fourth-order valence-corrected chi connectivity index (χ4v) is 3.59. The van der Waals surface area contributed by atoms with Crippen molar-refractivity contribution in [3.8, 4) is 11.5 Å². The molecule has 0 saturated heterocycles. The van der Waals surface area contributed by atoms with Crippen LogP contribution in [0, 0.1) is 0 Å². The number of H-pyrrole nitrogens is 1. The zero-order valence-electron chi connectivity index (χ0n) is 20.8. The number of nitrogens with one attached hydrogen (secondary N) is 1. The highest BCUT2D eigenvalue weighted by molar-refractivity contribution is 5.97. The SMILES string of the molecule is CCCN(C(=O)COC(=O)COc1ccccc1OCC)c1c(N)n(Cc2ccccc2)c(=O)[nH]c1=O. The van der Waals surface area contributed by atoms with Gasteiger partial charge in [-0.2, -0.15) is 0 Å². The Hall–Kier alpha value is -4.54. The summed E-state index contributed by atoms with van der Waals surface area (Å²) in [6.07, 6.45) is 0.480. The van der Waals surface area contributed by atoms with Gasteiger partial charge >= 0.3 is 11.7 Å². The molecule has 1 heterocycles. The van der Waals surface area contributed by atoms with Crippen molar-refractivity contribution in [2.75, 3.05) is 37.0 Å². The van der Waals surface area contributed by atoms with Gasteiger partial charge in [-0.25, -0.2) is 9.59 Å². The third-order valence-electron chi connectivity index (χ3n) is 5.27. The minimum atomic E-state index is -0.809. The highest BCUT2D eigenvalue weighted by Gasteiger charge is 2.25. The Morgan fingerprint density at radius 1 is 0.946 bits per heavy atom. The van der Waals surface area contributed by atoms with Gasteiger partial charge in [-0.15, -0.1) is 0 Å². The predicted molar refractivity (Wildman–Crippen MR) is 138 cm³/mol. The molecule has 3 N–H and O–H groups in total. The summed E-state index contributed by atoms with van der Waals surface area (Å²) in [6, 6.07) is 15.9. The lowest BCUT2D eigenvalue weighted by Gasteiger charge is -2.24. The van der Waals surface area contributed by atoms with E-state index in [1.807, 2.05) is 25.1 Å². The van der Waals surface area contributed by atoms with Crippen LogP contribution >= 0.6 is 0 Å². The molecular formula is C26H30N4O7. The number of aromatic amines is 1. The lowest BCUT2D eigenvalue weighted by molar-refractivity contribution is -0.149.